The monoisotopic (exact) mass is 225 g/mol. The Kier molecular flexibility index (Phi) is 1.96. The lowest BCUT2D eigenvalue weighted by atomic mass is 9.94. The van der Waals surface area contributed by atoms with Gasteiger partial charge in [-0.15, -0.1) is 0 Å². The van der Waals surface area contributed by atoms with Crippen molar-refractivity contribution in [2.75, 3.05) is 0 Å². The number of nitrogens with one attached hydrogen (secondary N) is 1. The fourth-order valence-corrected chi connectivity index (χ4v) is 2.54. The fourth-order valence-electron chi connectivity index (χ4n) is 2.54. The van der Waals surface area contributed by atoms with Crippen molar-refractivity contribution in [3.05, 3.63) is 46.7 Å². The van der Waals surface area contributed by atoms with E-state index < -0.39 is 0 Å². The Labute approximate surface area is 98.9 Å². The zero-order chi connectivity index (χ0) is 12.0. The van der Waals surface area contributed by atoms with E-state index in [0.29, 0.717) is 13.0 Å². The van der Waals surface area contributed by atoms with E-state index in [4.69, 9.17) is 10.7 Å². The SMILES string of the molecule is N#CC1=C(O)[C@@H]2Cc3ccccc3CN2C1=N. The van der Waals surface area contributed by atoms with Crippen LogP contribution >= 0.6 is 0 Å². The third-order valence-corrected chi connectivity index (χ3v) is 3.46. The van der Waals surface area contributed by atoms with Gasteiger partial charge in [-0.25, -0.2) is 0 Å². The summed E-state index contributed by atoms with van der Waals surface area (Å²) < 4.78 is 0. The molecule has 2 aliphatic rings. The molecule has 0 amide bonds. The average molecular weight is 225 g/mol. The number of nitrogens with zero attached hydrogens (tertiary/aromatic N) is 2. The molecule has 2 N–H and O–H groups in total. The highest BCUT2D eigenvalue weighted by Crippen LogP contribution is 2.33. The van der Waals surface area contributed by atoms with Gasteiger partial charge in [0, 0.05) is 13.0 Å². The molecule has 84 valence electrons. The summed E-state index contributed by atoms with van der Waals surface area (Å²) in [6.45, 7) is 0.592. The molecule has 17 heavy (non-hydrogen) atoms. The lowest BCUT2D eigenvalue weighted by molar-refractivity contribution is 0.252. The summed E-state index contributed by atoms with van der Waals surface area (Å²) in [6.07, 6.45) is 0.662. The predicted octanol–water partition coefficient (Wildman–Crippen LogP) is 1.74. The lowest BCUT2D eigenvalue weighted by Gasteiger charge is -2.32. The van der Waals surface area contributed by atoms with E-state index in [1.807, 2.05) is 30.3 Å². The van der Waals surface area contributed by atoms with Gasteiger partial charge < -0.3 is 10.0 Å². The molecule has 4 heteroatoms. The number of rotatable bonds is 0. The zero-order valence-corrected chi connectivity index (χ0v) is 9.14. The smallest absolute Gasteiger partial charge is 0.143 e. The largest absolute Gasteiger partial charge is 0.509 e. The molecule has 0 bridgehead atoms. The minimum atomic E-state index is -0.230. The molecule has 2 aliphatic heterocycles. The molecule has 0 saturated heterocycles. The van der Waals surface area contributed by atoms with Crippen molar-refractivity contribution < 1.29 is 5.11 Å². The summed E-state index contributed by atoms with van der Waals surface area (Å²) in [5, 5.41) is 26.8. The van der Waals surface area contributed by atoms with Crippen LogP contribution in [-0.2, 0) is 13.0 Å². The normalized spacial score (nSPS) is 22.2. The molecule has 0 unspecified atom stereocenters. The number of aliphatic hydroxyl groups excluding tert-OH is 1. The molecule has 4 nitrogen and oxygen atoms in total. The van der Waals surface area contributed by atoms with Gasteiger partial charge in [-0.3, -0.25) is 5.41 Å². The van der Waals surface area contributed by atoms with E-state index in [2.05, 4.69) is 0 Å². The molecule has 0 aliphatic carbocycles. The number of hydrogen-bond donors (Lipinski definition) is 2. The predicted molar refractivity (Wildman–Crippen MR) is 62.5 cm³/mol. The van der Waals surface area contributed by atoms with Gasteiger partial charge in [0.05, 0.1) is 6.04 Å². The van der Waals surface area contributed by atoms with Crippen molar-refractivity contribution in [3.63, 3.8) is 0 Å². The van der Waals surface area contributed by atoms with Crippen molar-refractivity contribution in [1.29, 1.82) is 10.7 Å². The first-order valence-electron chi connectivity index (χ1n) is 5.48. The summed E-state index contributed by atoms with van der Waals surface area (Å²) in [5.74, 6) is 0.191. The van der Waals surface area contributed by atoms with E-state index in [1.54, 1.807) is 4.90 Å². The summed E-state index contributed by atoms with van der Waals surface area (Å²) in [4.78, 5) is 1.79. The molecule has 0 fully saturated rings. The van der Waals surface area contributed by atoms with Gasteiger partial charge in [-0.05, 0) is 11.1 Å². The molecule has 0 aromatic heterocycles. The van der Waals surface area contributed by atoms with Crippen molar-refractivity contribution in [2.45, 2.75) is 19.0 Å². The number of aliphatic hydroxyl groups is 1. The van der Waals surface area contributed by atoms with Gasteiger partial charge in [-0.2, -0.15) is 5.26 Å². The van der Waals surface area contributed by atoms with E-state index in [-0.39, 0.29) is 23.2 Å². The summed E-state index contributed by atoms with van der Waals surface area (Å²) in [7, 11) is 0. The van der Waals surface area contributed by atoms with Crippen LogP contribution in [0, 0.1) is 16.7 Å². The summed E-state index contributed by atoms with van der Waals surface area (Å²) >= 11 is 0. The Morgan fingerprint density at radius 2 is 2.06 bits per heavy atom. The molecule has 1 aromatic rings. The number of nitriles is 1. The van der Waals surface area contributed by atoms with Gasteiger partial charge in [0.1, 0.15) is 23.2 Å². The molecule has 1 aromatic carbocycles. The number of hydrogen-bond acceptors (Lipinski definition) is 3. The Morgan fingerprint density at radius 3 is 2.76 bits per heavy atom. The highest BCUT2D eigenvalue weighted by molar-refractivity contribution is 6.03. The molecule has 3 rings (SSSR count). The minimum Gasteiger partial charge on any atom is -0.509 e. The number of benzene rings is 1. The van der Waals surface area contributed by atoms with E-state index >= 15 is 0 Å². The zero-order valence-electron chi connectivity index (χ0n) is 9.14. The second-order valence-electron chi connectivity index (χ2n) is 4.34. The molecular formula is C13H11N3O. The van der Waals surface area contributed by atoms with Crippen LogP contribution in [0.2, 0.25) is 0 Å². The standard InChI is InChI=1S/C13H11N3O/c14-6-10-12(17)11-5-8-3-1-2-4-9(8)7-16(11)13(10)15/h1-4,11,15,17H,5,7H2/t11-/m0/s1. The van der Waals surface area contributed by atoms with Crippen LogP contribution in [0.25, 0.3) is 0 Å². The highest BCUT2D eigenvalue weighted by atomic mass is 16.3. The first-order chi connectivity index (χ1) is 8.22. The third-order valence-electron chi connectivity index (χ3n) is 3.46. The van der Waals surface area contributed by atoms with Crippen LogP contribution in [0.15, 0.2) is 35.6 Å². The minimum absolute atomic E-state index is 0.0482. The Morgan fingerprint density at radius 1 is 1.35 bits per heavy atom. The quantitative estimate of drug-likeness (QED) is 0.706. The first-order valence-corrected chi connectivity index (χ1v) is 5.48. The van der Waals surface area contributed by atoms with Gasteiger partial charge in [0.25, 0.3) is 0 Å². The molecule has 0 radical (unpaired) electrons. The summed E-state index contributed by atoms with van der Waals surface area (Å²) in [6, 6.07) is 9.69. The van der Waals surface area contributed by atoms with Crippen LogP contribution in [0.3, 0.4) is 0 Å². The van der Waals surface area contributed by atoms with Crippen molar-refractivity contribution in [3.8, 4) is 6.07 Å². The average Bonchev–Trinajstić information content (AvgIpc) is 2.59. The van der Waals surface area contributed by atoms with Crippen LogP contribution in [0.4, 0.5) is 0 Å². The molecule has 1 atom stereocenters. The Hall–Kier alpha value is -2.28. The van der Waals surface area contributed by atoms with E-state index in [9.17, 15) is 5.11 Å². The van der Waals surface area contributed by atoms with Crippen LogP contribution < -0.4 is 0 Å². The first kappa shape index (κ1) is 9.91. The van der Waals surface area contributed by atoms with Crippen molar-refractivity contribution in [1.82, 2.24) is 4.90 Å². The molecule has 0 spiro atoms. The Bertz CT molecular complexity index is 583. The maximum Gasteiger partial charge on any atom is 0.143 e. The second kappa shape index (κ2) is 3.36. The van der Waals surface area contributed by atoms with E-state index in [0.717, 1.165) is 0 Å². The van der Waals surface area contributed by atoms with Crippen LogP contribution in [0.1, 0.15) is 11.1 Å². The van der Waals surface area contributed by atoms with Gasteiger partial charge in [0.15, 0.2) is 0 Å². The molecular weight excluding hydrogens is 214 g/mol. The Balaban J connectivity index is 2.05. The number of fused-ring (bicyclic) bond motifs is 2. The molecule has 0 saturated carbocycles. The maximum atomic E-state index is 9.95. The second-order valence-corrected chi connectivity index (χ2v) is 4.34. The van der Waals surface area contributed by atoms with Crippen molar-refractivity contribution in [2.24, 2.45) is 0 Å². The lowest BCUT2D eigenvalue weighted by Crippen LogP contribution is -2.40. The highest BCUT2D eigenvalue weighted by Gasteiger charge is 2.39. The van der Waals surface area contributed by atoms with Gasteiger partial charge in [0.2, 0.25) is 0 Å². The van der Waals surface area contributed by atoms with Crippen LogP contribution in [-0.4, -0.2) is 21.9 Å². The van der Waals surface area contributed by atoms with E-state index in [1.165, 1.54) is 11.1 Å². The maximum absolute atomic E-state index is 9.95. The summed E-state index contributed by atoms with van der Waals surface area (Å²) in [5.41, 5.74) is 2.47. The van der Waals surface area contributed by atoms with Crippen LogP contribution in [0.5, 0.6) is 0 Å². The fraction of sp³-hybridized carbons (Fsp3) is 0.231. The van der Waals surface area contributed by atoms with Gasteiger partial charge in [-0.1, -0.05) is 24.3 Å². The molecule has 2 heterocycles. The van der Waals surface area contributed by atoms with Gasteiger partial charge >= 0.3 is 0 Å². The topological polar surface area (TPSA) is 71.1 Å². The number of amidine groups is 1. The third kappa shape index (κ3) is 1.26. The van der Waals surface area contributed by atoms with Crippen molar-refractivity contribution >= 4 is 5.84 Å².